The summed E-state index contributed by atoms with van der Waals surface area (Å²) < 4.78 is 0. The molecule has 0 radical (unpaired) electrons. The summed E-state index contributed by atoms with van der Waals surface area (Å²) in [6.07, 6.45) is 0. The molecule has 0 aliphatic heterocycles. The lowest BCUT2D eigenvalue weighted by Crippen LogP contribution is -2.20. The maximum Gasteiger partial charge on any atom is 0.00841 e. The fourth-order valence-corrected chi connectivity index (χ4v) is 1.95. The molecule has 17 heavy (non-hydrogen) atoms. The van der Waals surface area contributed by atoms with E-state index in [4.69, 9.17) is 11.5 Å². The lowest BCUT2D eigenvalue weighted by Gasteiger charge is -2.13. The third-order valence-electron chi connectivity index (χ3n) is 3.06. The van der Waals surface area contributed by atoms with Gasteiger partial charge < -0.3 is 11.5 Å². The molecular formula is C15H18N2. The molecule has 0 spiro atoms. The summed E-state index contributed by atoms with van der Waals surface area (Å²) >= 11 is 0. The summed E-state index contributed by atoms with van der Waals surface area (Å²) in [6, 6.07) is 18.8. The van der Waals surface area contributed by atoms with Crippen LogP contribution in [0.15, 0.2) is 54.6 Å². The van der Waals surface area contributed by atoms with Crippen molar-refractivity contribution in [3.05, 3.63) is 60.2 Å². The highest BCUT2D eigenvalue weighted by Gasteiger charge is 2.07. The zero-order chi connectivity index (χ0) is 12.1. The molecule has 0 amide bonds. The van der Waals surface area contributed by atoms with Crippen LogP contribution in [-0.4, -0.2) is 13.1 Å². The lowest BCUT2D eigenvalue weighted by atomic mass is 9.96. The normalized spacial score (nSPS) is 10.8. The Morgan fingerprint density at radius 2 is 1.24 bits per heavy atom. The van der Waals surface area contributed by atoms with Crippen molar-refractivity contribution < 1.29 is 0 Å². The van der Waals surface area contributed by atoms with Gasteiger partial charge in [-0.05, 0) is 16.7 Å². The van der Waals surface area contributed by atoms with E-state index in [9.17, 15) is 0 Å². The van der Waals surface area contributed by atoms with Crippen molar-refractivity contribution in [2.45, 2.75) is 5.92 Å². The van der Waals surface area contributed by atoms with Crippen LogP contribution in [0.5, 0.6) is 0 Å². The van der Waals surface area contributed by atoms with Gasteiger partial charge in [0.25, 0.3) is 0 Å². The Hall–Kier alpha value is -1.64. The van der Waals surface area contributed by atoms with E-state index in [0.29, 0.717) is 13.1 Å². The Morgan fingerprint density at radius 1 is 0.706 bits per heavy atom. The molecule has 0 saturated heterocycles. The van der Waals surface area contributed by atoms with Gasteiger partial charge in [-0.1, -0.05) is 54.6 Å². The molecule has 2 aromatic carbocycles. The van der Waals surface area contributed by atoms with Crippen LogP contribution in [0.2, 0.25) is 0 Å². The first-order chi connectivity index (χ1) is 8.35. The molecule has 0 aliphatic rings. The van der Waals surface area contributed by atoms with Crippen molar-refractivity contribution in [2.75, 3.05) is 13.1 Å². The Labute approximate surface area is 102 Å². The Bertz CT molecular complexity index is 444. The van der Waals surface area contributed by atoms with Crippen LogP contribution in [0.25, 0.3) is 11.1 Å². The van der Waals surface area contributed by atoms with Crippen LogP contribution in [0, 0.1) is 0 Å². The topological polar surface area (TPSA) is 52.0 Å². The molecule has 2 aromatic rings. The van der Waals surface area contributed by atoms with Gasteiger partial charge in [0.1, 0.15) is 0 Å². The predicted octanol–water partition coefficient (Wildman–Crippen LogP) is 2.35. The summed E-state index contributed by atoms with van der Waals surface area (Å²) in [5.74, 6) is 0.264. The fraction of sp³-hybridized carbons (Fsp3) is 0.200. The lowest BCUT2D eigenvalue weighted by molar-refractivity contribution is 0.708. The van der Waals surface area contributed by atoms with Crippen molar-refractivity contribution >= 4 is 0 Å². The van der Waals surface area contributed by atoms with E-state index in [2.05, 4.69) is 36.4 Å². The number of nitrogens with two attached hydrogens (primary N) is 2. The summed E-state index contributed by atoms with van der Waals surface area (Å²) in [6.45, 7) is 1.20. The van der Waals surface area contributed by atoms with Gasteiger partial charge in [-0.3, -0.25) is 0 Å². The summed E-state index contributed by atoms with van der Waals surface area (Å²) in [4.78, 5) is 0. The van der Waals surface area contributed by atoms with Crippen LogP contribution >= 0.6 is 0 Å². The molecule has 2 nitrogen and oxygen atoms in total. The third kappa shape index (κ3) is 2.73. The average Bonchev–Trinajstić information content (AvgIpc) is 2.42. The largest absolute Gasteiger partial charge is 0.330 e. The van der Waals surface area contributed by atoms with Crippen molar-refractivity contribution in [3.63, 3.8) is 0 Å². The zero-order valence-corrected chi connectivity index (χ0v) is 9.84. The molecule has 0 unspecified atom stereocenters. The quantitative estimate of drug-likeness (QED) is 0.840. The minimum atomic E-state index is 0.264. The second kappa shape index (κ2) is 5.62. The molecule has 0 fully saturated rings. The Morgan fingerprint density at radius 3 is 1.76 bits per heavy atom. The van der Waals surface area contributed by atoms with Gasteiger partial charge in [0, 0.05) is 19.0 Å². The Kier molecular flexibility index (Phi) is 3.91. The van der Waals surface area contributed by atoms with Gasteiger partial charge in [-0.15, -0.1) is 0 Å². The SMILES string of the molecule is NCC(CN)c1ccc(-c2ccccc2)cc1. The smallest absolute Gasteiger partial charge is 0.00841 e. The van der Waals surface area contributed by atoms with Gasteiger partial charge in [-0.25, -0.2) is 0 Å². The number of hydrogen-bond acceptors (Lipinski definition) is 2. The van der Waals surface area contributed by atoms with Gasteiger partial charge in [0.05, 0.1) is 0 Å². The first-order valence-corrected chi connectivity index (χ1v) is 5.90. The maximum absolute atomic E-state index is 5.68. The summed E-state index contributed by atoms with van der Waals surface area (Å²) in [5, 5.41) is 0. The van der Waals surface area contributed by atoms with E-state index in [1.165, 1.54) is 16.7 Å². The van der Waals surface area contributed by atoms with E-state index < -0.39 is 0 Å². The van der Waals surface area contributed by atoms with Crippen molar-refractivity contribution in [3.8, 4) is 11.1 Å². The molecule has 2 rings (SSSR count). The number of rotatable bonds is 4. The highest BCUT2D eigenvalue weighted by atomic mass is 14.6. The first-order valence-electron chi connectivity index (χ1n) is 5.90. The maximum atomic E-state index is 5.68. The summed E-state index contributed by atoms with van der Waals surface area (Å²) in [7, 11) is 0. The molecule has 0 atom stereocenters. The predicted molar refractivity (Wildman–Crippen MR) is 72.7 cm³/mol. The standard InChI is InChI=1S/C15H18N2/c16-10-15(11-17)14-8-6-13(7-9-14)12-4-2-1-3-5-12/h1-9,15H,10-11,16-17H2. The monoisotopic (exact) mass is 226 g/mol. The molecule has 0 saturated carbocycles. The minimum Gasteiger partial charge on any atom is -0.330 e. The Balaban J connectivity index is 2.24. The first kappa shape index (κ1) is 11.8. The molecular weight excluding hydrogens is 208 g/mol. The van der Waals surface area contributed by atoms with Crippen LogP contribution in [0.3, 0.4) is 0 Å². The average molecular weight is 226 g/mol. The molecule has 4 N–H and O–H groups in total. The van der Waals surface area contributed by atoms with Crippen LogP contribution < -0.4 is 11.5 Å². The van der Waals surface area contributed by atoms with E-state index >= 15 is 0 Å². The van der Waals surface area contributed by atoms with Crippen molar-refractivity contribution in [2.24, 2.45) is 11.5 Å². The van der Waals surface area contributed by atoms with Crippen molar-refractivity contribution in [1.29, 1.82) is 0 Å². The van der Waals surface area contributed by atoms with E-state index in [-0.39, 0.29) is 5.92 Å². The second-order valence-electron chi connectivity index (χ2n) is 4.16. The van der Waals surface area contributed by atoms with Gasteiger partial charge in [0.15, 0.2) is 0 Å². The van der Waals surface area contributed by atoms with Crippen LogP contribution in [-0.2, 0) is 0 Å². The van der Waals surface area contributed by atoms with E-state index in [0.717, 1.165) is 0 Å². The zero-order valence-electron chi connectivity index (χ0n) is 9.84. The number of benzene rings is 2. The van der Waals surface area contributed by atoms with Gasteiger partial charge in [0.2, 0.25) is 0 Å². The summed E-state index contributed by atoms with van der Waals surface area (Å²) in [5.41, 5.74) is 15.0. The second-order valence-corrected chi connectivity index (χ2v) is 4.16. The van der Waals surface area contributed by atoms with Gasteiger partial charge >= 0.3 is 0 Å². The molecule has 2 heteroatoms. The minimum absolute atomic E-state index is 0.264. The van der Waals surface area contributed by atoms with Crippen molar-refractivity contribution in [1.82, 2.24) is 0 Å². The van der Waals surface area contributed by atoms with E-state index in [1.54, 1.807) is 0 Å². The van der Waals surface area contributed by atoms with E-state index in [1.807, 2.05) is 18.2 Å². The fourth-order valence-electron chi connectivity index (χ4n) is 1.95. The van der Waals surface area contributed by atoms with Crippen LogP contribution in [0.4, 0.5) is 0 Å². The highest BCUT2D eigenvalue weighted by molar-refractivity contribution is 5.63. The molecule has 0 bridgehead atoms. The molecule has 0 aliphatic carbocycles. The number of hydrogen-bond donors (Lipinski definition) is 2. The molecule has 88 valence electrons. The molecule has 0 heterocycles. The van der Waals surface area contributed by atoms with Gasteiger partial charge in [-0.2, -0.15) is 0 Å². The van der Waals surface area contributed by atoms with Crippen LogP contribution in [0.1, 0.15) is 11.5 Å². The molecule has 0 aromatic heterocycles. The highest BCUT2D eigenvalue weighted by Crippen LogP contribution is 2.21. The third-order valence-corrected chi connectivity index (χ3v) is 3.06.